The zero-order valence-corrected chi connectivity index (χ0v) is 19.8. The van der Waals surface area contributed by atoms with E-state index >= 15 is 0 Å². The first-order valence-electron chi connectivity index (χ1n) is 11.0. The lowest BCUT2D eigenvalue weighted by Gasteiger charge is -2.21. The van der Waals surface area contributed by atoms with Gasteiger partial charge in [-0.15, -0.1) is 11.3 Å². The second-order valence-electron chi connectivity index (χ2n) is 8.28. The van der Waals surface area contributed by atoms with E-state index in [9.17, 15) is 9.59 Å². The number of likely N-dealkylation sites (tertiary alicyclic amines) is 1. The van der Waals surface area contributed by atoms with Gasteiger partial charge in [0.15, 0.2) is 0 Å². The third kappa shape index (κ3) is 4.61. The number of carbonyl (C=O) groups is 2. The minimum Gasteiger partial charge on any atom is -0.486 e. The van der Waals surface area contributed by atoms with E-state index in [1.165, 1.54) is 16.2 Å². The number of aromatic nitrogens is 1. The number of benzene rings is 1. The molecule has 5 rings (SSSR count). The molecule has 0 spiro atoms. The van der Waals surface area contributed by atoms with Crippen LogP contribution < -0.4 is 10.1 Å². The molecule has 2 aliphatic rings. The van der Waals surface area contributed by atoms with Gasteiger partial charge in [0.25, 0.3) is 0 Å². The van der Waals surface area contributed by atoms with Crippen LogP contribution in [0, 0.1) is 6.92 Å². The summed E-state index contributed by atoms with van der Waals surface area (Å²) in [6.45, 7) is 4.95. The van der Waals surface area contributed by atoms with Crippen LogP contribution in [0.15, 0.2) is 30.5 Å². The summed E-state index contributed by atoms with van der Waals surface area (Å²) in [4.78, 5) is 30.9. The van der Waals surface area contributed by atoms with Gasteiger partial charge in [0.1, 0.15) is 11.9 Å². The highest BCUT2D eigenvalue weighted by molar-refractivity contribution is 7.19. The molecule has 0 aliphatic carbocycles. The van der Waals surface area contributed by atoms with Gasteiger partial charge in [-0.2, -0.15) is 0 Å². The highest BCUT2D eigenvalue weighted by Crippen LogP contribution is 2.42. The van der Waals surface area contributed by atoms with Crippen LogP contribution in [-0.2, 0) is 20.9 Å². The highest BCUT2D eigenvalue weighted by atomic mass is 35.5. The number of fused-ring (bicyclic) bond motifs is 1. The molecule has 1 aromatic carbocycles. The molecule has 2 amide bonds. The van der Waals surface area contributed by atoms with Gasteiger partial charge >= 0.3 is 0 Å². The lowest BCUT2D eigenvalue weighted by atomic mass is 10.0. The third-order valence-electron chi connectivity index (χ3n) is 5.84. The van der Waals surface area contributed by atoms with Crippen LogP contribution in [0.4, 0.5) is 0 Å². The van der Waals surface area contributed by atoms with Gasteiger partial charge < -0.3 is 14.8 Å². The number of thiophene rings is 1. The number of ether oxygens (including phenoxy) is 2. The molecule has 2 aliphatic heterocycles. The van der Waals surface area contributed by atoms with E-state index in [0.29, 0.717) is 24.8 Å². The molecule has 3 aromatic rings. The number of amides is 2. The van der Waals surface area contributed by atoms with Crippen LogP contribution in [0.5, 0.6) is 5.75 Å². The van der Waals surface area contributed by atoms with E-state index in [4.69, 9.17) is 21.1 Å². The summed E-state index contributed by atoms with van der Waals surface area (Å²) < 4.78 is 13.1. The molecule has 2 aromatic heterocycles. The Labute approximate surface area is 200 Å². The van der Waals surface area contributed by atoms with Crippen molar-refractivity contribution in [3.63, 3.8) is 0 Å². The van der Waals surface area contributed by atoms with Gasteiger partial charge in [-0.25, -0.2) is 0 Å². The fourth-order valence-electron chi connectivity index (χ4n) is 4.24. The zero-order chi connectivity index (χ0) is 22.9. The van der Waals surface area contributed by atoms with Gasteiger partial charge in [0.2, 0.25) is 11.8 Å². The fourth-order valence-corrected chi connectivity index (χ4v) is 5.65. The van der Waals surface area contributed by atoms with E-state index in [1.54, 1.807) is 6.20 Å². The molecule has 2 fully saturated rings. The van der Waals surface area contributed by atoms with E-state index in [-0.39, 0.29) is 37.3 Å². The summed E-state index contributed by atoms with van der Waals surface area (Å²) in [5.74, 6) is 0.529. The number of imide groups is 1. The number of halogens is 1. The number of carbonyl (C=O) groups excluding carboxylic acids is 2. The van der Waals surface area contributed by atoms with Crippen LogP contribution in [0.3, 0.4) is 0 Å². The van der Waals surface area contributed by atoms with Gasteiger partial charge in [-0.3, -0.25) is 19.5 Å². The summed E-state index contributed by atoms with van der Waals surface area (Å²) in [7, 11) is 0. The molecular formula is C24H24ClN3O4S. The van der Waals surface area contributed by atoms with Gasteiger partial charge in [0.05, 0.1) is 30.0 Å². The molecule has 1 N–H and O–H groups in total. The van der Waals surface area contributed by atoms with Crippen LogP contribution in [-0.4, -0.2) is 54.1 Å². The van der Waals surface area contributed by atoms with Gasteiger partial charge in [0, 0.05) is 53.2 Å². The standard InChI is InChI=1S/C24H24ClN3O4S/c1-14-8-15(25)9-19(23(14)32-16-11-26-6-7-31-13-16)18-4-5-27-20-10-17(33-24(18)20)12-28-21(29)2-3-22(28)30/h4-5,8-10,16,26H,2-3,6-7,11-13H2,1H3. The highest BCUT2D eigenvalue weighted by Gasteiger charge is 2.29. The molecule has 0 saturated carbocycles. The number of nitrogens with one attached hydrogen (secondary N) is 1. The Kier molecular flexibility index (Phi) is 6.34. The number of hydrogen-bond acceptors (Lipinski definition) is 7. The van der Waals surface area contributed by atoms with E-state index < -0.39 is 0 Å². The molecule has 0 bridgehead atoms. The lowest BCUT2D eigenvalue weighted by Crippen LogP contribution is -2.32. The maximum Gasteiger partial charge on any atom is 0.230 e. The SMILES string of the molecule is Cc1cc(Cl)cc(-c2ccnc3cc(CN4C(=O)CCC4=O)sc23)c1OC1CNCCOC1. The molecule has 9 heteroatoms. The number of aryl methyl sites for hydroxylation is 1. The first-order chi connectivity index (χ1) is 16.0. The third-order valence-corrected chi connectivity index (χ3v) is 7.21. The number of pyridine rings is 1. The summed E-state index contributed by atoms with van der Waals surface area (Å²) in [6.07, 6.45) is 2.22. The van der Waals surface area contributed by atoms with Crippen LogP contribution in [0.25, 0.3) is 21.3 Å². The Hall–Kier alpha value is -2.52. The molecule has 2 saturated heterocycles. The van der Waals surface area contributed by atoms with Crippen molar-refractivity contribution in [1.82, 2.24) is 15.2 Å². The van der Waals surface area contributed by atoms with Crippen molar-refractivity contribution in [2.75, 3.05) is 26.3 Å². The second kappa shape index (κ2) is 9.38. The van der Waals surface area contributed by atoms with Crippen LogP contribution in [0.1, 0.15) is 23.3 Å². The second-order valence-corrected chi connectivity index (χ2v) is 9.85. The fraction of sp³-hybridized carbons (Fsp3) is 0.375. The normalized spacial score (nSPS) is 19.3. The van der Waals surface area contributed by atoms with E-state index in [2.05, 4.69) is 10.3 Å². The summed E-state index contributed by atoms with van der Waals surface area (Å²) in [5, 5.41) is 3.96. The topological polar surface area (TPSA) is 80.8 Å². The number of hydrogen-bond donors (Lipinski definition) is 1. The lowest BCUT2D eigenvalue weighted by molar-refractivity contribution is -0.138. The first kappa shape index (κ1) is 22.3. The molecule has 172 valence electrons. The summed E-state index contributed by atoms with van der Waals surface area (Å²) in [6, 6.07) is 7.71. The first-order valence-corrected chi connectivity index (χ1v) is 12.2. The van der Waals surface area contributed by atoms with E-state index in [0.717, 1.165) is 44.1 Å². The van der Waals surface area contributed by atoms with Crippen molar-refractivity contribution >= 4 is 45.0 Å². The number of nitrogens with zero attached hydrogens (tertiary/aromatic N) is 2. The minimum absolute atomic E-state index is 0.116. The Balaban J connectivity index is 1.54. The molecule has 1 unspecified atom stereocenters. The van der Waals surface area contributed by atoms with Crippen LogP contribution in [0.2, 0.25) is 5.02 Å². The Morgan fingerprint density at radius 2 is 2.06 bits per heavy atom. The van der Waals surface area contributed by atoms with Crippen LogP contribution >= 0.6 is 22.9 Å². The van der Waals surface area contributed by atoms with E-state index in [1.807, 2.05) is 31.2 Å². The minimum atomic E-state index is -0.119. The number of rotatable bonds is 5. The molecule has 1 atom stereocenters. The Morgan fingerprint density at radius 1 is 1.24 bits per heavy atom. The molecule has 7 nitrogen and oxygen atoms in total. The Morgan fingerprint density at radius 3 is 2.88 bits per heavy atom. The largest absolute Gasteiger partial charge is 0.486 e. The maximum atomic E-state index is 12.1. The van der Waals surface area contributed by atoms with Crippen molar-refractivity contribution in [1.29, 1.82) is 0 Å². The predicted octanol–water partition coefficient (Wildman–Crippen LogP) is 3.94. The van der Waals surface area contributed by atoms with Crippen molar-refractivity contribution in [2.24, 2.45) is 0 Å². The zero-order valence-electron chi connectivity index (χ0n) is 18.2. The molecular weight excluding hydrogens is 462 g/mol. The van der Waals surface area contributed by atoms with Crippen molar-refractivity contribution < 1.29 is 19.1 Å². The summed E-state index contributed by atoms with van der Waals surface area (Å²) in [5.41, 5.74) is 3.60. The van der Waals surface area contributed by atoms with Gasteiger partial charge in [-0.05, 0) is 36.8 Å². The Bertz CT molecular complexity index is 1200. The van der Waals surface area contributed by atoms with Gasteiger partial charge in [-0.1, -0.05) is 11.6 Å². The smallest absolute Gasteiger partial charge is 0.230 e. The predicted molar refractivity (Wildman–Crippen MR) is 128 cm³/mol. The van der Waals surface area contributed by atoms with Crippen molar-refractivity contribution in [2.45, 2.75) is 32.4 Å². The summed E-state index contributed by atoms with van der Waals surface area (Å²) >= 11 is 7.99. The average molecular weight is 486 g/mol. The molecule has 33 heavy (non-hydrogen) atoms. The average Bonchev–Trinajstić information content (AvgIpc) is 3.22. The van der Waals surface area contributed by atoms with Crippen molar-refractivity contribution in [3.05, 3.63) is 45.9 Å². The quantitative estimate of drug-likeness (QED) is 0.551. The molecule has 0 radical (unpaired) electrons. The maximum absolute atomic E-state index is 12.1. The van der Waals surface area contributed by atoms with Crippen molar-refractivity contribution in [3.8, 4) is 16.9 Å². The molecule has 4 heterocycles. The monoisotopic (exact) mass is 485 g/mol.